The number of rotatable bonds is 6. The summed E-state index contributed by atoms with van der Waals surface area (Å²) >= 11 is 17.9. The van der Waals surface area contributed by atoms with E-state index in [1.165, 1.54) is 0 Å². The van der Waals surface area contributed by atoms with Gasteiger partial charge in [-0.1, -0.05) is 53.5 Å². The first kappa shape index (κ1) is 24.5. The highest BCUT2D eigenvalue weighted by molar-refractivity contribution is 9.11. The van der Waals surface area contributed by atoms with Crippen molar-refractivity contribution in [1.82, 2.24) is 15.1 Å². The summed E-state index contributed by atoms with van der Waals surface area (Å²) in [4.78, 5) is 14.5. The third-order valence-electron chi connectivity index (χ3n) is 6.23. The zero-order valence-electron chi connectivity index (χ0n) is 18.5. The number of fused-ring (bicyclic) bond motifs is 1. The standard InChI is InChI=1S/C26H22BrCl2N3O2S/c27-23-12-11-22(35-23)25-17-7-4-8-18(26(34)30-20(14-33)15-5-2-1-3-6-15)24(17)31-32(25)21-10-9-16(28)13-19(21)29/h1-3,5-6,9-13,18,20,33H,4,7-8,14H2,(H,30,34)/t18-,20?/m1/s1. The first-order chi connectivity index (χ1) is 17.0. The van der Waals surface area contributed by atoms with Gasteiger partial charge >= 0.3 is 0 Å². The summed E-state index contributed by atoms with van der Waals surface area (Å²) in [6.07, 6.45) is 2.36. The molecule has 0 fully saturated rings. The number of hydrogen-bond donors (Lipinski definition) is 2. The number of aliphatic hydroxyl groups is 1. The molecule has 180 valence electrons. The van der Waals surface area contributed by atoms with Crippen LogP contribution in [0, 0.1) is 0 Å². The number of carbonyl (C=O) groups is 1. The SMILES string of the molecule is O=C(NC(CO)c1ccccc1)[C@@H]1CCCc2c1nn(-c1ccc(Cl)cc1Cl)c2-c1ccc(Br)s1. The van der Waals surface area contributed by atoms with E-state index >= 15 is 0 Å². The van der Waals surface area contributed by atoms with Crippen molar-refractivity contribution in [1.29, 1.82) is 0 Å². The van der Waals surface area contributed by atoms with Crippen molar-refractivity contribution in [3.8, 4) is 16.3 Å². The quantitative estimate of drug-likeness (QED) is 0.256. The summed E-state index contributed by atoms with van der Waals surface area (Å²) in [5, 5.41) is 19.0. The minimum atomic E-state index is -0.477. The van der Waals surface area contributed by atoms with Gasteiger partial charge in [-0.3, -0.25) is 4.79 Å². The van der Waals surface area contributed by atoms with Gasteiger partial charge in [-0.25, -0.2) is 4.68 Å². The molecule has 4 aromatic rings. The van der Waals surface area contributed by atoms with Crippen LogP contribution in [0.25, 0.3) is 16.3 Å². The molecular formula is C26H22BrCl2N3O2S. The average molecular weight is 591 g/mol. The Bertz CT molecular complexity index is 1370. The maximum Gasteiger partial charge on any atom is 0.229 e. The van der Waals surface area contributed by atoms with E-state index in [4.69, 9.17) is 28.3 Å². The molecule has 9 heteroatoms. The molecule has 2 N–H and O–H groups in total. The van der Waals surface area contributed by atoms with Gasteiger partial charge < -0.3 is 10.4 Å². The van der Waals surface area contributed by atoms with E-state index in [0.717, 1.165) is 44.0 Å². The largest absolute Gasteiger partial charge is 0.394 e. The lowest BCUT2D eigenvalue weighted by Crippen LogP contribution is -2.36. The Morgan fingerprint density at radius 1 is 1.20 bits per heavy atom. The highest BCUT2D eigenvalue weighted by Crippen LogP contribution is 2.43. The Morgan fingerprint density at radius 3 is 2.69 bits per heavy atom. The highest BCUT2D eigenvalue weighted by Gasteiger charge is 2.34. The van der Waals surface area contributed by atoms with E-state index in [2.05, 4.69) is 21.2 Å². The molecule has 0 saturated heterocycles. The van der Waals surface area contributed by atoms with E-state index in [1.807, 2.05) is 53.2 Å². The molecule has 2 aromatic carbocycles. The number of nitrogens with one attached hydrogen (secondary N) is 1. The maximum absolute atomic E-state index is 13.5. The van der Waals surface area contributed by atoms with Gasteiger partial charge in [0.25, 0.3) is 0 Å². The fourth-order valence-corrected chi connectivity index (χ4v) is 6.52. The second-order valence-electron chi connectivity index (χ2n) is 8.42. The third-order valence-corrected chi connectivity index (χ3v) is 8.39. The van der Waals surface area contributed by atoms with Crippen LogP contribution >= 0.6 is 50.5 Å². The molecule has 0 bridgehead atoms. The average Bonchev–Trinajstić information content (AvgIpc) is 3.45. The lowest BCUT2D eigenvalue weighted by Gasteiger charge is -2.24. The zero-order chi connectivity index (χ0) is 24.5. The highest BCUT2D eigenvalue weighted by atomic mass is 79.9. The normalized spacial score (nSPS) is 16.1. The summed E-state index contributed by atoms with van der Waals surface area (Å²) in [6.45, 7) is -0.182. The van der Waals surface area contributed by atoms with Gasteiger partial charge in [0.1, 0.15) is 0 Å². The van der Waals surface area contributed by atoms with Crippen molar-refractivity contribution < 1.29 is 9.90 Å². The van der Waals surface area contributed by atoms with Crippen LogP contribution in [-0.2, 0) is 11.2 Å². The minimum Gasteiger partial charge on any atom is -0.394 e. The number of benzene rings is 2. The Labute approximate surface area is 225 Å². The van der Waals surface area contributed by atoms with Gasteiger partial charge in [-0.05, 0) is 71.1 Å². The Kier molecular flexibility index (Phi) is 7.32. The van der Waals surface area contributed by atoms with Crippen LogP contribution in [0.2, 0.25) is 10.0 Å². The number of carbonyl (C=O) groups excluding carboxylic acids is 1. The van der Waals surface area contributed by atoms with Gasteiger partial charge in [0.2, 0.25) is 5.91 Å². The first-order valence-corrected chi connectivity index (χ1v) is 13.6. The second-order valence-corrected chi connectivity index (χ2v) is 11.7. The third kappa shape index (κ3) is 4.93. The summed E-state index contributed by atoms with van der Waals surface area (Å²) in [7, 11) is 0. The topological polar surface area (TPSA) is 67.2 Å². The van der Waals surface area contributed by atoms with Crippen LogP contribution < -0.4 is 5.32 Å². The maximum atomic E-state index is 13.5. The molecule has 0 saturated carbocycles. The van der Waals surface area contributed by atoms with Crippen LogP contribution in [0.1, 0.15) is 41.6 Å². The summed E-state index contributed by atoms with van der Waals surface area (Å²) in [6, 6.07) is 18.4. The fourth-order valence-electron chi connectivity index (χ4n) is 4.58. The van der Waals surface area contributed by atoms with Crippen LogP contribution in [0.15, 0.2) is 64.5 Å². The predicted molar refractivity (Wildman–Crippen MR) is 145 cm³/mol. The van der Waals surface area contributed by atoms with Crippen molar-refractivity contribution in [3.05, 3.63) is 91.3 Å². The number of aliphatic hydroxyl groups excluding tert-OH is 1. The van der Waals surface area contributed by atoms with E-state index < -0.39 is 12.0 Å². The molecule has 1 amide bonds. The molecule has 0 spiro atoms. The van der Waals surface area contributed by atoms with E-state index in [0.29, 0.717) is 22.2 Å². The molecule has 5 nitrogen and oxygen atoms in total. The van der Waals surface area contributed by atoms with E-state index in [1.54, 1.807) is 23.5 Å². The Morgan fingerprint density at radius 2 is 2.00 bits per heavy atom. The summed E-state index contributed by atoms with van der Waals surface area (Å²) < 4.78 is 2.85. The summed E-state index contributed by atoms with van der Waals surface area (Å²) in [5.74, 6) is -0.564. The van der Waals surface area contributed by atoms with Crippen molar-refractivity contribution in [2.24, 2.45) is 0 Å². The second kappa shape index (κ2) is 10.4. The van der Waals surface area contributed by atoms with Gasteiger partial charge in [-0.2, -0.15) is 5.10 Å². The zero-order valence-corrected chi connectivity index (χ0v) is 22.5. The van der Waals surface area contributed by atoms with Crippen molar-refractivity contribution in [2.75, 3.05) is 6.61 Å². The van der Waals surface area contributed by atoms with Crippen molar-refractivity contribution in [3.63, 3.8) is 0 Å². The molecule has 1 aliphatic rings. The summed E-state index contributed by atoms with van der Waals surface area (Å²) in [5.41, 5.74) is 4.32. The molecule has 2 atom stereocenters. The molecule has 0 aliphatic heterocycles. The number of halogens is 3. The number of amides is 1. The lowest BCUT2D eigenvalue weighted by molar-refractivity contribution is -0.124. The first-order valence-electron chi connectivity index (χ1n) is 11.3. The molecule has 5 rings (SSSR count). The number of aromatic nitrogens is 2. The molecule has 1 unspecified atom stereocenters. The number of thiophene rings is 1. The fraction of sp³-hybridized carbons (Fsp3) is 0.231. The van der Waals surface area contributed by atoms with Crippen molar-refractivity contribution in [2.45, 2.75) is 31.2 Å². The van der Waals surface area contributed by atoms with Crippen LogP contribution in [0.3, 0.4) is 0 Å². The molecule has 1 aliphatic carbocycles. The van der Waals surface area contributed by atoms with Crippen molar-refractivity contribution >= 4 is 56.4 Å². The molecule has 2 heterocycles. The Hall–Kier alpha value is -2.16. The van der Waals surface area contributed by atoms with Crippen LogP contribution in [0.4, 0.5) is 0 Å². The van der Waals surface area contributed by atoms with E-state index in [-0.39, 0.29) is 12.5 Å². The van der Waals surface area contributed by atoms with Crippen LogP contribution in [-0.4, -0.2) is 27.4 Å². The minimum absolute atomic E-state index is 0.139. The van der Waals surface area contributed by atoms with Crippen LogP contribution in [0.5, 0.6) is 0 Å². The van der Waals surface area contributed by atoms with Gasteiger partial charge in [0.05, 0.1) is 49.3 Å². The Balaban J connectivity index is 1.57. The van der Waals surface area contributed by atoms with Gasteiger partial charge in [-0.15, -0.1) is 11.3 Å². The van der Waals surface area contributed by atoms with Gasteiger partial charge in [0, 0.05) is 10.6 Å². The van der Waals surface area contributed by atoms with Gasteiger partial charge in [0.15, 0.2) is 0 Å². The monoisotopic (exact) mass is 589 g/mol. The lowest BCUT2D eigenvalue weighted by atomic mass is 9.85. The predicted octanol–water partition coefficient (Wildman–Crippen LogP) is 6.94. The van der Waals surface area contributed by atoms with E-state index in [9.17, 15) is 9.90 Å². The molecule has 0 radical (unpaired) electrons. The number of hydrogen-bond acceptors (Lipinski definition) is 4. The molecular weight excluding hydrogens is 569 g/mol. The molecule has 2 aromatic heterocycles. The molecule has 35 heavy (non-hydrogen) atoms. The number of nitrogens with zero attached hydrogens (tertiary/aromatic N) is 2. The smallest absolute Gasteiger partial charge is 0.229 e.